The number of carbonyl (C=O) groups is 1. The quantitative estimate of drug-likeness (QED) is 0.453. The zero-order valence-electron chi connectivity index (χ0n) is 19.8. The van der Waals surface area contributed by atoms with Crippen molar-refractivity contribution < 1.29 is 19.2 Å². The van der Waals surface area contributed by atoms with Crippen molar-refractivity contribution in [2.75, 3.05) is 5.32 Å². The van der Waals surface area contributed by atoms with Gasteiger partial charge >= 0.3 is 5.97 Å². The van der Waals surface area contributed by atoms with Crippen molar-refractivity contribution in [3.63, 3.8) is 0 Å². The summed E-state index contributed by atoms with van der Waals surface area (Å²) in [6, 6.07) is 3.72. The number of nitrogens with zero attached hydrogens (tertiary/aromatic N) is 6. The number of carboxylic acid groups (broad SMARTS) is 1. The van der Waals surface area contributed by atoms with Gasteiger partial charge < -0.3 is 19.7 Å². The molecule has 0 amide bonds. The van der Waals surface area contributed by atoms with Gasteiger partial charge in [-0.1, -0.05) is 18.6 Å². The molecule has 4 rings (SSSR count). The first kappa shape index (κ1) is 23.7. The van der Waals surface area contributed by atoms with Crippen LogP contribution in [0.5, 0.6) is 5.75 Å². The molecule has 0 radical (unpaired) electrons. The first-order valence-corrected chi connectivity index (χ1v) is 11.8. The summed E-state index contributed by atoms with van der Waals surface area (Å²) < 4.78 is 13.1. The predicted octanol–water partition coefficient (Wildman–Crippen LogP) is 3.55. The largest absolute Gasteiger partial charge is 0.489 e. The number of carboxylic acids is 1. The zero-order valence-corrected chi connectivity index (χ0v) is 19.8. The van der Waals surface area contributed by atoms with Crippen LogP contribution < -0.4 is 10.1 Å². The third kappa shape index (κ3) is 5.52. The number of nitrogens with one attached hydrogen (secondary N) is 1. The van der Waals surface area contributed by atoms with Gasteiger partial charge in [-0.2, -0.15) is 4.98 Å². The second-order valence-electron chi connectivity index (χ2n) is 8.70. The third-order valence-corrected chi connectivity index (χ3v) is 6.12. The highest BCUT2D eigenvalue weighted by atomic mass is 16.5. The fraction of sp³-hybridized carbons (Fsp3) is 0.565. The topological polar surface area (TPSA) is 141 Å². The van der Waals surface area contributed by atoms with Crippen LogP contribution in [-0.4, -0.2) is 47.3 Å². The molecule has 3 aromatic rings. The van der Waals surface area contributed by atoms with Gasteiger partial charge in [0.05, 0.1) is 35.6 Å². The molecule has 1 fully saturated rings. The maximum absolute atomic E-state index is 11.3. The van der Waals surface area contributed by atoms with Crippen molar-refractivity contribution in [1.29, 1.82) is 0 Å². The molecule has 0 aromatic carbocycles. The maximum atomic E-state index is 11.3. The minimum atomic E-state index is -0.750. The van der Waals surface area contributed by atoms with Gasteiger partial charge in [0, 0.05) is 13.5 Å². The Morgan fingerprint density at radius 3 is 2.94 bits per heavy atom. The van der Waals surface area contributed by atoms with E-state index in [1.54, 1.807) is 4.68 Å². The molecule has 0 unspecified atom stereocenters. The van der Waals surface area contributed by atoms with Crippen molar-refractivity contribution in [2.24, 2.45) is 13.0 Å². The van der Waals surface area contributed by atoms with Gasteiger partial charge in [0.25, 0.3) is 5.95 Å². The van der Waals surface area contributed by atoms with Gasteiger partial charge in [-0.05, 0) is 56.3 Å². The Morgan fingerprint density at radius 1 is 1.32 bits per heavy atom. The second kappa shape index (κ2) is 10.6. The van der Waals surface area contributed by atoms with Crippen LogP contribution in [0.3, 0.4) is 0 Å². The van der Waals surface area contributed by atoms with E-state index in [9.17, 15) is 9.90 Å². The fourth-order valence-corrected chi connectivity index (χ4v) is 4.15. The normalized spacial score (nSPS) is 18.1. The summed E-state index contributed by atoms with van der Waals surface area (Å²) >= 11 is 0. The molecule has 0 saturated heterocycles. The Bertz CT molecular complexity index is 1130. The number of pyridine rings is 1. The van der Waals surface area contributed by atoms with Crippen molar-refractivity contribution in [3.8, 4) is 17.1 Å². The Hall–Kier alpha value is -3.50. The number of ether oxygens (including phenoxy) is 1. The number of unbranched alkanes of at least 4 members (excludes halogenated alkanes) is 1. The lowest BCUT2D eigenvalue weighted by Gasteiger charge is -2.27. The first-order valence-electron chi connectivity index (χ1n) is 11.8. The van der Waals surface area contributed by atoms with Crippen molar-refractivity contribution in [2.45, 2.75) is 71.4 Å². The van der Waals surface area contributed by atoms with Crippen LogP contribution >= 0.6 is 0 Å². The zero-order chi connectivity index (χ0) is 24.1. The van der Waals surface area contributed by atoms with Crippen LogP contribution in [0.25, 0.3) is 11.4 Å². The number of aryl methyl sites for hydroxylation is 3. The summed E-state index contributed by atoms with van der Waals surface area (Å²) in [4.78, 5) is 20.4. The van der Waals surface area contributed by atoms with Crippen LogP contribution in [0.4, 0.5) is 5.95 Å². The van der Waals surface area contributed by atoms with Crippen LogP contribution in [0, 0.1) is 12.8 Å². The Morgan fingerprint density at radius 2 is 2.18 bits per heavy atom. The molecule has 2 atom stereocenters. The molecule has 0 spiro atoms. The van der Waals surface area contributed by atoms with Crippen LogP contribution in [-0.2, 0) is 24.8 Å². The highest BCUT2D eigenvalue weighted by molar-refractivity contribution is 5.70. The van der Waals surface area contributed by atoms with E-state index in [-0.39, 0.29) is 12.0 Å². The Balaban J connectivity index is 1.44. The molecule has 2 N–H and O–H groups in total. The van der Waals surface area contributed by atoms with Crippen molar-refractivity contribution in [1.82, 2.24) is 30.1 Å². The number of anilines is 1. The number of hydrogen-bond donors (Lipinski definition) is 2. The minimum Gasteiger partial charge on any atom is -0.489 e. The average Bonchev–Trinajstić information content (AvgIpc) is 3.44. The molecule has 11 nitrogen and oxygen atoms in total. The molecule has 1 saturated carbocycles. The van der Waals surface area contributed by atoms with E-state index in [2.05, 4.69) is 32.7 Å². The van der Waals surface area contributed by atoms with E-state index in [1.807, 2.05) is 26.1 Å². The maximum Gasteiger partial charge on any atom is 0.306 e. The minimum absolute atomic E-state index is 0.116. The lowest BCUT2D eigenvalue weighted by Crippen LogP contribution is -2.29. The number of aliphatic carboxylic acids is 1. The monoisotopic (exact) mass is 469 g/mol. The molecule has 34 heavy (non-hydrogen) atoms. The fourth-order valence-electron chi connectivity index (χ4n) is 4.15. The molecular weight excluding hydrogens is 438 g/mol. The molecule has 11 heteroatoms. The summed E-state index contributed by atoms with van der Waals surface area (Å²) in [7, 11) is 1.82. The number of aromatic nitrogens is 6. The van der Waals surface area contributed by atoms with Crippen LogP contribution in [0.2, 0.25) is 0 Å². The standard InChI is InChI=1S/C23H31N7O4/c1-4-5-9-20-26-23(28-34-20)24-13-18-21(27-29-30(18)3)17-10-11-19(14(2)25-17)33-16-8-6-7-15(12-16)22(31)32/h10-11,15-16H,4-9,12-13H2,1-3H3,(H,24,28)(H,31,32)/t15-,16-/m0/s1. The van der Waals surface area contributed by atoms with E-state index in [0.717, 1.165) is 43.5 Å². The SMILES string of the molecule is CCCCc1nc(NCc2c(-c3ccc(O[C@H]4CCC[C@H](C(=O)O)C4)c(C)n3)nnn2C)no1. The Kier molecular flexibility index (Phi) is 7.39. The molecule has 182 valence electrons. The van der Waals surface area contributed by atoms with Gasteiger partial charge in [-0.3, -0.25) is 4.79 Å². The Labute approximate surface area is 197 Å². The van der Waals surface area contributed by atoms with E-state index < -0.39 is 5.97 Å². The van der Waals surface area contributed by atoms with E-state index in [0.29, 0.717) is 48.4 Å². The van der Waals surface area contributed by atoms with Gasteiger partial charge in [-0.25, -0.2) is 9.67 Å². The lowest BCUT2D eigenvalue weighted by atomic mass is 9.87. The van der Waals surface area contributed by atoms with E-state index >= 15 is 0 Å². The average molecular weight is 470 g/mol. The van der Waals surface area contributed by atoms with Gasteiger partial charge in [0.15, 0.2) is 0 Å². The number of hydrogen-bond acceptors (Lipinski definition) is 9. The predicted molar refractivity (Wildman–Crippen MR) is 123 cm³/mol. The molecular formula is C23H31N7O4. The van der Waals surface area contributed by atoms with Crippen molar-refractivity contribution >= 4 is 11.9 Å². The summed E-state index contributed by atoms with van der Waals surface area (Å²) in [6.07, 6.45) is 5.64. The van der Waals surface area contributed by atoms with Gasteiger partial charge in [-0.15, -0.1) is 5.10 Å². The second-order valence-corrected chi connectivity index (χ2v) is 8.70. The highest BCUT2D eigenvalue weighted by Gasteiger charge is 2.28. The van der Waals surface area contributed by atoms with Crippen LogP contribution in [0.15, 0.2) is 16.7 Å². The lowest BCUT2D eigenvalue weighted by molar-refractivity contribution is -0.143. The van der Waals surface area contributed by atoms with Crippen LogP contribution in [0.1, 0.15) is 62.7 Å². The summed E-state index contributed by atoms with van der Waals surface area (Å²) in [5.74, 6) is 0.615. The molecule has 1 aliphatic carbocycles. The summed E-state index contributed by atoms with van der Waals surface area (Å²) in [5.41, 5.74) is 2.89. The van der Waals surface area contributed by atoms with E-state index in [4.69, 9.17) is 14.2 Å². The molecule has 3 aromatic heterocycles. The smallest absolute Gasteiger partial charge is 0.306 e. The highest BCUT2D eigenvalue weighted by Crippen LogP contribution is 2.30. The van der Waals surface area contributed by atoms with Gasteiger partial charge in [0.1, 0.15) is 11.4 Å². The molecule has 0 bridgehead atoms. The van der Waals surface area contributed by atoms with Crippen molar-refractivity contribution in [3.05, 3.63) is 29.4 Å². The first-order chi connectivity index (χ1) is 16.4. The van der Waals surface area contributed by atoms with E-state index in [1.165, 1.54) is 0 Å². The number of rotatable bonds is 10. The summed E-state index contributed by atoms with van der Waals surface area (Å²) in [5, 5.41) is 24.9. The van der Waals surface area contributed by atoms with Gasteiger partial charge in [0.2, 0.25) is 5.89 Å². The molecule has 0 aliphatic heterocycles. The summed E-state index contributed by atoms with van der Waals surface area (Å²) in [6.45, 7) is 4.40. The third-order valence-electron chi connectivity index (χ3n) is 6.12. The molecule has 1 aliphatic rings. The molecule has 3 heterocycles.